The maximum atomic E-state index is 12.7. The zero-order chi connectivity index (χ0) is 19.3. The van der Waals surface area contributed by atoms with Crippen LogP contribution in [0, 0.1) is 0 Å². The summed E-state index contributed by atoms with van der Waals surface area (Å²) in [6, 6.07) is 5.18. The van der Waals surface area contributed by atoms with Gasteiger partial charge in [-0.05, 0) is 45.1 Å². The van der Waals surface area contributed by atoms with E-state index in [0.717, 1.165) is 19.6 Å². The molecule has 0 aliphatic carbocycles. The lowest BCUT2D eigenvalue weighted by atomic mass is 10.0. The highest BCUT2D eigenvalue weighted by atomic mass is 35.5. The summed E-state index contributed by atoms with van der Waals surface area (Å²) in [5.41, 5.74) is -0.363. The Morgan fingerprint density at radius 2 is 2.00 bits per heavy atom. The van der Waals surface area contributed by atoms with Crippen LogP contribution in [0.2, 0.25) is 5.02 Å². The third-order valence-corrected chi connectivity index (χ3v) is 4.78. The smallest absolute Gasteiger partial charge is 0.270 e. The third-order valence-electron chi connectivity index (χ3n) is 4.54. The highest BCUT2D eigenvalue weighted by Gasteiger charge is 2.40. The van der Waals surface area contributed by atoms with Gasteiger partial charge in [-0.1, -0.05) is 25.4 Å². The van der Waals surface area contributed by atoms with Crippen molar-refractivity contribution in [2.75, 3.05) is 37.6 Å². The number of likely N-dealkylation sites (N-methyl/N-ethyl adjacent to an activating group) is 1. The van der Waals surface area contributed by atoms with Crippen LogP contribution in [0.1, 0.15) is 34.1 Å². The van der Waals surface area contributed by atoms with Crippen LogP contribution in [-0.4, -0.2) is 55.0 Å². The summed E-state index contributed by atoms with van der Waals surface area (Å²) < 4.78 is 5.78. The van der Waals surface area contributed by atoms with Crippen molar-refractivity contribution in [2.24, 2.45) is 0 Å². The number of hydrogen-bond donors (Lipinski definition) is 1. The normalized spacial score (nSPS) is 15.6. The summed E-state index contributed by atoms with van der Waals surface area (Å²) >= 11 is 6.07. The van der Waals surface area contributed by atoms with Gasteiger partial charge in [-0.2, -0.15) is 0 Å². The minimum atomic E-state index is -0.972. The molecule has 1 aromatic carbocycles. The topological polar surface area (TPSA) is 61.9 Å². The van der Waals surface area contributed by atoms with E-state index in [2.05, 4.69) is 24.1 Å². The molecular formula is C19H28ClN3O3. The number of ether oxygens (including phenoxy) is 1. The summed E-state index contributed by atoms with van der Waals surface area (Å²) in [5, 5.41) is 3.44. The van der Waals surface area contributed by atoms with Crippen molar-refractivity contribution in [3.05, 3.63) is 23.2 Å². The zero-order valence-corrected chi connectivity index (χ0v) is 16.7. The number of fused-ring (bicyclic) bond motifs is 1. The van der Waals surface area contributed by atoms with Gasteiger partial charge in [0, 0.05) is 31.1 Å². The molecule has 1 aliphatic heterocycles. The Hall–Kier alpha value is -1.79. The number of hydrogen-bond acceptors (Lipinski definition) is 4. The van der Waals surface area contributed by atoms with Crippen LogP contribution >= 0.6 is 11.6 Å². The number of carbonyl (C=O) groups excluding carboxylic acids is 2. The predicted octanol–water partition coefficient (Wildman–Crippen LogP) is 2.69. The monoisotopic (exact) mass is 381 g/mol. The van der Waals surface area contributed by atoms with Crippen molar-refractivity contribution in [1.82, 2.24) is 10.2 Å². The molecule has 0 bridgehead atoms. The number of carbonyl (C=O) groups is 2. The van der Waals surface area contributed by atoms with Gasteiger partial charge in [0.05, 0.1) is 5.69 Å². The molecule has 2 amide bonds. The quantitative estimate of drug-likeness (QED) is 0.752. The third kappa shape index (κ3) is 4.89. The molecule has 6 nitrogen and oxygen atoms in total. The van der Waals surface area contributed by atoms with Gasteiger partial charge in [0.2, 0.25) is 5.91 Å². The SMILES string of the molecule is CCN(CC)CCNC(=O)CCN1C(=O)C(C)(C)Oc2ccc(Cl)cc21. The molecule has 1 aromatic rings. The Kier molecular flexibility index (Phi) is 6.89. The van der Waals surface area contributed by atoms with Crippen molar-refractivity contribution in [3.63, 3.8) is 0 Å². The average molecular weight is 382 g/mol. The number of rotatable bonds is 8. The largest absolute Gasteiger partial charge is 0.476 e. The summed E-state index contributed by atoms with van der Waals surface area (Å²) in [5.74, 6) is 0.349. The molecule has 2 rings (SSSR count). The molecule has 0 unspecified atom stereocenters. The van der Waals surface area contributed by atoms with E-state index < -0.39 is 5.60 Å². The molecule has 1 aliphatic rings. The summed E-state index contributed by atoms with van der Waals surface area (Å²) in [6.45, 7) is 11.3. The van der Waals surface area contributed by atoms with Gasteiger partial charge in [0.15, 0.2) is 5.60 Å². The van der Waals surface area contributed by atoms with Crippen molar-refractivity contribution >= 4 is 29.1 Å². The van der Waals surface area contributed by atoms with Crippen LogP contribution in [0.15, 0.2) is 18.2 Å². The Morgan fingerprint density at radius 1 is 1.31 bits per heavy atom. The van der Waals surface area contributed by atoms with Crippen molar-refractivity contribution in [2.45, 2.75) is 39.7 Å². The standard InChI is InChI=1S/C19H28ClN3O3/c1-5-22(6-2)12-10-21-17(24)9-11-23-15-13-14(20)7-8-16(15)26-19(3,4)18(23)25/h7-8,13H,5-6,9-12H2,1-4H3,(H,21,24). The predicted molar refractivity (Wildman–Crippen MR) is 104 cm³/mol. The molecule has 0 saturated carbocycles. The van der Waals surface area contributed by atoms with Gasteiger partial charge in [-0.3, -0.25) is 9.59 Å². The van der Waals surface area contributed by atoms with Crippen molar-refractivity contribution in [1.29, 1.82) is 0 Å². The van der Waals surface area contributed by atoms with Crippen LogP contribution in [0.4, 0.5) is 5.69 Å². The molecule has 7 heteroatoms. The van der Waals surface area contributed by atoms with E-state index in [1.165, 1.54) is 0 Å². The molecule has 144 valence electrons. The molecule has 0 spiro atoms. The molecule has 0 radical (unpaired) electrons. The molecule has 0 aromatic heterocycles. The lowest BCUT2D eigenvalue weighted by Gasteiger charge is -2.38. The van der Waals surface area contributed by atoms with Crippen LogP contribution in [0.3, 0.4) is 0 Å². The van der Waals surface area contributed by atoms with Gasteiger partial charge >= 0.3 is 0 Å². The fourth-order valence-electron chi connectivity index (χ4n) is 2.96. The molecule has 0 fully saturated rings. The van der Waals surface area contributed by atoms with Crippen molar-refractivity contribution < 1.29 is 14.3 Å². The molecule has 26 heavy (non-hydrogen) atoms. The first-order valence-electron chi connectivity index (χ1n) is 9.08. The average Bonchev–Trinajstić information content (AvgIpc) is 2.59. The Labute approximate surface area is 160 Å². The van der Waals surface area contributed by atoms with Crippen LogP contribution in [-0.2, 0) is 9.59 Å². The second kappa shape index (κ2) is 8.73. The van der Waals surface area contributed by atoms with E-state index in [9.17, 15) is 9.59 Å². The number of nitrogens with zero attached hydrogens (tertiary/aromatic N) is 2. The second-order valence-electron chi connectivity index (χ2n) is 6.81. The minimum Gasteiger partial charge on any atom is -0.476 e. The zero-order valence-electron chi connectivity index (χ0n) is 16.0. The minimum absolute atomic E-state index is 0.0715. The van der Waals surface area contributed by atoms with Crippen LogP contribution < -0.4 is 15.0 Å². The second-order valence-corrected chi connectivity index (χ2v) is 7.24. The van der Waals surface area contributed by atoms with E-state index in [1.54, 1.807) is 36.9 Å². The Balaban J connectivity index is 1.98. The Bertz CT molecular complexity index is 659. The first-order valence-corrected chi connectivity index (χ1v) is 9.45. The summed E-state index contributed by atoms with van der Waals surface area (Å²) in [7, 11) is 0. The van der Waals surface area contributed by atoms with Crippen LogP contribution in [0.25, 0.3) is 0 Å². The Morgan fingerprint density at radius 3 is 2.65 bits per heavy atom. The fraction of sp³-hybridized carbons (Fsp3) is 0.579. The number of anilines is 1. The maximum absolute atomic E-state index is 12.7. The highest BCUT2D eigenvalue weighted by molar-refractivity contribution is 6.31. The van der Waals surface area contributed by atoms with Crippen LogP contribution in [0.5, 0.6) is 5.75 Å². The molecule has 1 heterocycles. The van der Waals surface area contributed by atoms with Gasteiger partial charge in [0.1, 0.15) is 5.75 Å². The van der Waals surface area contributed by atoms with Gasteiger partial charge in [-0.15, -0.1) is 0 Å². The number of halogens is 1. The number of nitrogens with one attached hydrogen (secondary N) is 1. The number of benzene rings is 1. The van der Waals surface area contributed by atoms with E-state index in [-0.39, 0.29) is 24.8 Å². The first-order chi connectivity index (χ1) is 12.3. The molecule has 0 atom stereocenters. The fourth-order valence-corrected chi connectivity index (χ4v) is 3.12. The van der Waals surface area contributed by atoms with Gasteiger partial charge in [-0.25, -0.2) is 0 Å². The van der Waals surface area contributed by atoms with E-state index in [4.69, 9.17) is 16.3 Å². The number of amides is 2. The van der Waals surface area contributed by atoms with E-state index >= 15 is 0 Å². The van der Waals surface area contributed by atoms with Gasteiger partial charge < -0.3 is 19.9 Å². The molecule has 0 saturated heterocycles. The highest BCUT2D eigenvalue weighted by Crippen LogP contribution is 2.39. The van der Waals surface area contributed by atoms with E-state index in [1.807, 2.05) is 0 Å². The first kappa shape index (κ1) is 20.5. The lowest BCUT2D eigenvalue weighted by molar-refractivity contribution is -0.132. The summed E-state index contributed by atoms with van der Waals surface area (Å²) in [4.78, 5) is 28.7. The summed E-state index contributed by atoms with van der Waals surface area (Å²) in [6.07, 6.45) is 0.228. The molecule has 1 N–H and O–H groups in total. The maximum Gasteiger partial charge on any atom is 0.270 e. The lowest BCUT2D eigenvalue weighted by Crippen LogP contribution is -2.53. The van der Waals surface area contributed by atoms with Crippen molar-refractivity contribution in [3.8, 4) is 5.75 Å². The molecular weight excluding hydrogens is 354 g/mol. The van der Waals surface area contributed by atoms with Gasteiger partial charge in [0.25, 0.3) is 5.91 Å². The van der Waals surface area contributed by atoms with E-state index in [0.29, 0.717) is 23.0 Å².